The van der Waals surface area contributed by atoms with Crippen LogP contribution in [0.1, 0.15) is 31.4 Å². The van der Waals surface area contributed by atoms with Gasteiger partial charge < -0.3 is 10.2 Å². The first kappa shape index (κ1) is 29.5. The summed E-state index contributed by atoms with van der Waals surface area (Å²) in [6.07, 6.45) is 0.728. The van der Waals surface area contributed by atoms with Gasteiger partial charge in [-0.05, 0) is 67.8 Å². The van der Waals surface area contributed by atoms with Crippen molar-refractivity contribution in [3.63, 3.8) is 0 Å². The van der Waals surface area contributed by atoms with Gasteiger partial charge in [-0.25, -0.2) is 8.42 Å². The van der Waals surface area contributed by atoms with Crippen molar-refractivity contribution in [1.82, 2.24) is 10.2 Å². The Hall–Kier alpha value is -3.07. The maximum Gasteiger partial charge on any atom is 0.264 e. The van der Waals surface area contributed by atoms with Gasteiger partial charge in [-0.3, -0.25) is 13.9 Å². The third kappa shape index (κ3) is 7.28. The molecule has 0 aliphatic rings. The maximum atomic E-state index is 13.9. The molecule has 0 spiro atoms. The minimum absolute atomic E-state index is 0.0113. The largest absolute Gasteiger partial charge is 0.354 e. The zero-order valence-corrected chi connectivity index (χ0v) is 23.9. The maximum absolute atomic E-state index is 13.9. The van der Waals surface area contributed by atoms with E-state index in [2.05, 4.69) is 5.32 Å². The number of sulfonamides is 1. The minimum Gasteiger partial charge on any atom is -0.354 e. The monoisotopic (exact) mass is 575 g/mol. The summed E-state index contributed by atoms with van der Waals surface area (Å²) >= 11 is 12.4. The molecule has 3 rings (SSSR count). The number of amides is 2. The topological polar surface area (TPSA) is 86.8 Å². The minimum atomic E-state index is -4.10. The Kier molecular flexibility index (Phi) is 10.2. The molecule has 0 saturated carbocycles. The number of nitrogens with one attached hydrogen (secondary N) is 1. The second kappa shape index (κ2) is 13.1. The van der Waals surface area contributed by atoms with E-state index in [0.717, 1.165) is 16.3 Å². The SMILES string of the molecule is CCCNC(=O)C(C)N(Cc1ccc(Cl)cc1Cl)C(=O)CN(c1cccc(C)c1)S(=O)(=O)c1ccccc1. The number of nitrogens with zero attached hydrogens (tertiary/aromatic N) is 2. The van der Waals surface area contributed by atoms with Crippen molar-refractivity contribution in [3.05, 3.63) is 94.0 Å². The van der Waals surface area contributed by atoms with Crippen molar-refractivity contribution in [2.24, 2.45) is 0 Å². The third-order valence-corrected chi connectivity index (χ3v) is 8.35. The first-order chi connectivity index (χ1) is 18.0. The predicted molar refractivity (Wildman–Crippen MR) is 152 cm³/mol. The van der Waals surface area contributed by atoms with E-state index in [1.807, 2.05) is 19.9 Å². The van der Waals surface area contributed by atoms with Gasteiger partial charge in [-0.15, -0.1) is 0 Å². The molecule has 0 heterocycles. The Morgan fingerprint density at radius 1 is 0.974 bits per heavy atom. The molecule has 0 aliphatic carbocycles. The molecule has 2 amide bonds. The standard InChI is InChI=1S/C28H31Cl2N3O4S/c1-4-15-31-28(35)21(3)32(18-22-13-14-23(29)17-26(22)30)27(34)19-33(24-10-8-9-20(2)16-24)38(36,37)25-11-6-5-7-12-25/h5-14,16-17,21H,4,15,18-19H2,1-3H3,(H,31,35). The van der Waals surface area contributed by atoms with E-state index in [-0.39, 0.29) is 17.3 Å². The highest BCUT2D eigenvalue weighted by Gasteiger charge is 2.32. The molecule has 10 heteroatoms. The molecule has 7 nitrogen and oxygen atoms in total. The predicted octanol–water partition coefficient (Wildman–Crippen LogP) is 5.44. The Balaban J connectivity index is 2.03. The smallest absolute Gasteiger partial charge is 0.264 e. The van der Waals surface area contributed by atoms with E-state index in [0.29, 0.717) is 27.8 Å². The van der Waals surface area contributed by atoms with E-state index in [1.54, 1.807) is 61.5 Å². The quantitative estimate of drug-likeness (QED) is 0.330. The van der Waals surface area contributed by atoms with E-state index in [9.17, 15) is 18.0 Å². The van der Waals surface area contributed by atoms with Crippen molar-refractivity contribution in [2.45, 2.75) is 44.7 Å². The normalized spacial score (nSPS) is 12.0. The fraction of sp³-hybridized carbons (Fsp3) is 0.286. The highest BCUT2D eigenvalue weighted by Crippen LogP contribution is 2.27. The molecule has 1 unspecified atom stereocenters. The van der Waals surface area contributed by atoms with Gasteiger partial charge >= 0.3 is 0 Å². The molecule has 1 atom stereocenters. The fourth-order valence-corrected chi connectivity index (χ4v) is 5.74. The van der Waals surface area contributed by atoms with Gasteiger partial charge in [-0.2, -0.15) is 0 Å². The average Bonchev–Trinajstić information content (AvgIpc) is 2.89. The average molecular weight is 577 g/mol. The summed E-state index contributed by atoms with van der Waals surface area (Å²) in [6.45, 7) is 5.29. The summed E-state index contributed by atoms with van der Waals surface area (Å²) in [4.78, 5) is 28.2. The van der Waals surface area contributed by atoms with Crippen LogP contribution in [0.2, 0.25) is 10.0 Å². The highest BCUT2D eigenvalue weighted by atomic mass is 35.5. The second-order valence-electron chi connectivity index (χ2n) is 8.89. The molecule has 3 aromatic rings. The lowest BCUT2D eigenvalue weighted by molar-refractivity contribution is -0.139. The van der Waals surface area contributed by atoms with Crippen LogP contribution in [0.3, 0.4) is 0 Å². The third-order valence-electron chi connectivity index (χ3n) is 5.97. The Morgan fingerprint density at radius 2 is 1.68 bits per heavy atom. The number of aryl methyl sites for hydroxylation is 1. The summed E-state index contributed by atoms with van der Waals surface area (Å²) in [7, 11) is -4.10. The summed E-state index contributed by atoms with van der Waals surface area (Å²) < 4.78 is 28.5. The van der Waals surface area contributed by atoms with Crippen LogP contribution in [0, 0.1) is 6.92 Å². The van der Waals surface area contributed by atoms with Gasteiger partial charge in [0.2, 0.25) is 11.8 Å². The van der Waals surface area contributed by atoms with Gasteiger partial charge in [0.1, 0.15) is 12.6 Å². The van der Waals surface area contributed by atoms with Crippen molar-refractivity contribution in [3.8, 4) is 0 Å². The molecule has 202 valence electrons. The number of carbonyl (C=O) groups is 2. The molecule has 0 bridgehead atoms. The van der Waals surface area contributed by atoms with Crippen molar-refractivity contribution in [1.29, 1.82) is 0 Å². The molecule has 0 fully saturated rings. The number of benzene rings is 3. The number of rotatable bonds is 11. The van der Waals surface area contributed by atoms with E-state index in [4.69, 9.17) is 23.2 Å². The van der Waals surface area contributed by atoms with Crippen LogP contribution in [0.15, 0.2) is 77.7 Å². The van der Waals surface area contributed by atoms with E-state index < -0.39 is 28.5 Å². The van der Waals surface area contributed by atoms with Crippen LogP contribution in [0.5, 0.6) is 0 Å². The lowest BCUT2D eigenvalue weighted by Gasteiger charge is -2.32. The Morgan fingerprint density at radius 3 is 2.32 bits per heavy atom. The summed E-state index contributed by atoms with van der Waals surface area (Å²) in [6, 6.07) is 18.8. The molecular weight excluding hydrogens is 545 g/mol. The van der Waals surface area contributed by atoms with Gasteiger partial charge in [0.15, 0.2) is 0 Å². The number of carbonyl (C=O) groups excluding carboxylic acids is 2. The van der Waals surface area contributed by atoms with Crippen LogP contribution >= 0.6 is 23.2 Å². The molecular formula is C28H31Cl2N3O4S. The number of halogens is 2. The highest BCUT2D eigenvalue weighted by molar-refractivity contribution is 7.92. The molecule has 0 saturated heterocycles. The number of hydrogen-bond acceptors (Lipinski definition) is 4. The van der Waals surface area contributed by atoms with Crippen LogP contribution in [-0.2, 0) is 26.2 Å². The van der Waals surface area contributed by atoms with Gasteiger partial charge in [0, 0.05) is 23.1 Å². The lowest BCUT2D eigenvalue weighted by Crippen LogP contribution is -2.51. The molecule has 0 aromatic heterocycles. The molecule has 38 heavy (non-hydrogen) atoms. The molecule has 3 aromatic carbocycles. The first-order valence-corrected chi connectivity index (χ1v) is 14.4. The summed E-state index contributed by atoms with van der Waals surface area (Å²) in [5, 5.41) is 3.58. The van der Waals surface area contributed by atoms with Crippen molar-refractivity contribution in [2.75, 3.05) is 17.4 Å². The van der Waals surface area contributed by atoms with E-state index >= 15 is 0 Å². The van der Waals surface area contributed by atoms with Crippen LogP contribution < -0.4 is 9.62 Å². The van der Waals surface area contributed by atoms with E-state index in [1.165, 1.54) is 17.0 Å². The zero-order chi connectivity index (χ0) is 27.9. The van der Waals surface area contributed by atoms with Gasteiger partial charge in [0.25, 0.3) is 10.0 Å². The fourth-order valence-electron chi connectivity index (χ4n) is 3.84. The summed E-state index contributed by atoms with van der Waals surface area (Å²) in [5.41, 5.74) is 1.75. The lowest BCUT2D eigenvalue weighted by atomic mass is 10.1. The number of anilines is 1. The zero-order valence-electron chi connectivity index (χ0n) is 21.5. The van der Waals surface area contributed by atoms with Crippen molar-refractivity contribution >= 4 is 50.7 Å². The Labute approximate surface area is 234 Å². The van der Waals surface area contributed by atoms with Crippen molar-refractivity contribution < 1.29 is 18.0 Å². The Bertz CT molecular complexity index is 1380. The molecule has 0 radical (unpaired) electrons. The molecule has 1 N–H and O–H groups in total. The van der Waals surface area contributed by atoms with Crippen LogP contribution in [-0.4, -0.2) is 44.3 Å². The molecule has 0 aliphatic heterocycles. The van der Waals surface area contributed by atoms with Gasteiger partial charge in [0.05, 0.1) is 10.6 Å². The van der Waals surface area contributed by atoms with Gasteiger partial charge in [-0.1, -0.05) is 66.5 Å². The second-order valence-corrected chi connectivity index (χ2v) is 11.6. The summed E-state index contributed by atoms with van der Waals surface area (Å²) in [5.74, 6) is -0.908. The van der Waals surface area contributed by atoms with Crippen LogP contribution in [0.4, 0.5) is 5.69 Å². The number of hydrogen-bond donors (Lipinski definition) is 1. The first-order valence-electron chi connectivity index (χ1n) is 12.2. The van der Waals surface area contributed by atoms with Crippen LogP contribution in [0.25, 0.3) is 0 Å².